The fourth-order valence-corrected chi connectivity index (χ4v) is 1.02. The van der Waals surface area contributed by atoms with E-state index in [2.05, 4.69) is 11.9 Å². The number of rotatable bonds is 2. The van der Waals surface area contributed by atoms with Crippen molar-refractivity contribution >= 4 is 5.69 Å². The zero-order valence-electron chi connectivity index (χ0n) is 7.04. The molecular weight excluding hydrogens is 150 g/mol. The quantitative estimate of drug-likeness (QED) is 0.714. The Bertz CT molecular complexity index is 312. The molecule has 0 aliphatic heterocycles. The van der Waals surface area contributed by atoms with Crippen LogP contribution in [0, 0.1) is 11.3 Å². The molecule has 0 spiro atoms. The second-order valence-electron chi connectivity index (χ2n) is 2.62. The van der Waals surface area contributed by atoms with Gasteiger partial charge < -0.3 is 5.73 Å². The van der Waals surface area contributed by atoms with Gasteiger partial charge in [0.25, 0.3) is 0 Å². The molecule has 1 aromatic heterocycles. The van der Waals surface area contributed by atoms with Crippen LogP contribution in [-0.2, 0) is 6.42 Å². The van der Waals surface area contributed by atoms with Gasteiger partial charge in [0.1, 0.15) is 6.07 Å². The van der Waals surface area contributed by atoms with Crippen molar-refractivity contribution in [2.24, 2.45) is 0 Å². The van der Waals surface area contributed by atoms with E-state index < -0.39 is 0 Å². The van der Waals surface area contributed by atoms with Crippen LogP contribution in [0.1, 0.15) is 24.6 Å². The number of nitriles is 1. The first kappa shape index (κ1) is 8.54. The Morgan fingerprint density at radius 3 is 2.92 bits per heavy atom. The van der Waals surface area contributed by atoms with Gasteiger partial charge in [-0.3, -0.25) is 4.98 Å². The third-order valence-corrected chi connectivity index (χ3v) is 1.62. The number of anilines is 1. The third kappa shape index (κ3) is 1.73. The summed E-state index contributed by atoms with van der Waals surface area (Å²) in [5.41, 5.74) is 7.70. The van der Waals surface area contributed by atoms with Crippen molar-refractivity contribution in [3.8, 4) is 6.07 Å². The second-order valence-corrected chi connectivity index (χ2v) is 2.62. The summed E-state index contributed by atoms with van der Waals surface area (Å²) in [6.07, 6.45) is 3.45. The van der Waals surface area contributed by atoms with Crippen molar-refractivity contribution in [1.82, 2.24) is 4.98 Å². The molecule has 0 saturated heterocycles. The van der Waals surface area contributed by atoms with E-state index in [0.717, 1.165) is 18.5 Å². The molecule has 12 heavy (non-hydrogen) atoms. The smallest absolute Gasteiger partial charge is 0.101 e. The van der Waals surface area contributed by atoms with Gasteiger partial charge in [0.15, 0.2) is 0 Å². The Labute approximate surface area is 71.8 Å². The first-order chi connectivity index (χ1) is 5.77. The molecule has 1 aromatic rings. The van der Waals surface area contributed by atoms with Crippen molar-refractivity contribution in [1.29, 1.82) is 5.26 Å². The van der Waals surface area contributed by atoms with Crippen LogP contribution in [0.3, 0.4) is 0 Å². The van der Waals surface area contributed by atoms with Crippen LogP contribution in [0.15, 0.2) is 12.3 Å². The molecular formula is C9H11N3. The molecule has 2 N–H and O–H groups in total. The van der Waals surface area contributed by atoms with Crippen molar-refractivity contribution in [3.05, 3.63) is 23.5 Å². The molecule has 0 amide bonds. The molecule has 0 aromatic carbocycles. The van der Waals surface area contributed by atoms with Crippen LogP contribution in [0.4, 0.5) is 5.69 Å². The molecule has 3 nitrogen and oxygen atoms in total. The molecule has 1 heterocycles. The van der Waals surface area contributed by atoms with E-state index in [4.69, 9.17) is 11.0 Å². The van der Waals surface area contributed by atoms with Crippen LogP contribution in [0.5, 0.6) is 0 Å². The summed E-state index contributed by atoms with van der Waals surface area (Å²) < 4.78 is 0. The number of hydrogen-bond donors (Lipinski definition) is 1. The standard InChI is InChI=1S/C9H11N3/c1-2-3-9-8(11)4-7(5-10)6-12-9/h4,6H,2-3,11H2,1H3. The third-order valence-electron chi connectivity index (χ3n) is 1.62. The highest BCUT2D eigenvalue weighted by Gasteiger charge is 2.00. The average Bonchev–Trinajstić information content (AvgIpc) is 2.09. The van der Waals surface area contributed by atoms with Crippen molar-refractivity contribution in [2.75, 3.05) is 5.73 Å². The van der Waals surface area contributed by atoms with Gasteiger partial charge in [-0.2, -0.15) is 5.26 Å². The van der Waals surface area contributed by atoms with E-state index in [1.165, 1.54) is 0 Å². The van der Waals surface area contributed by atoms with Gasteiger partial charge in [0.2, 0.25) is 0 Å². The summed E-state index contributed by atoms with van der Waals surface area (Å²) in [5.74, 6) is 0. The zero-order valence-corrected chi connectivity index (χ0v) is 7.04. The summed E-state index contributed by atoms with van der Waals surface area (Å²) in [6.45, 7) is 2.07. The number of pyridine rings is 1. The Morgan fingerprint density at radius 2 is 2.42 bits per heavy atom. The highest BCUT2D eigenvalue weighted by molar-refractivity contribution is 5.47. The molecule has 3 heteroatoms. The SMILES string of the molecule is CCCc1ncc(C#N)cc1N. The van der Waals surface area contributed by atoms with Gasteiger partial charge in [-0.05, 0) is 12.5 Å². The number of aryl methyl sites for hydroxylation is 1. The maximum absolute atomic E-state index is 8.54. The van der Waals surface area contributed by atoms with E-state index in [-0.39, 0.29) is 0 Å². The number of hydrogen-bond acceptors (Lipinski definition) is 3. The van der Waals surface area contributed by atoms with Crippen LogP contribution >= 0.6 is 0 Å². The number of nitrogens with zero attached hydrogens (tertiary/aromatic N) is 2. The van der Waals surface area contributed by atoms with E-state index in [1.807, 2.05) is 6.07 Å². The molecule has 0 bridgehead atoms. The lowest BCUT2D eigenvalue weighted by molar-refractivity contribution is 0.885. The molecule has 0 atom stereocenters. The van der Waals surface area contributed by atoms with Gasteiger partial charge in [-0.15, -0.1) is 0 Å². The summed E-state index contributed by atoms with van der Waals surface area (Å²) in [4.78, 5) is 4.09. The lowest BCUT2D eigenvalue weighted by Crippen LogP contribution is -1.98. The Hall–Kier alpha value is -1.56. The zero-order chi connectivity index (χ0) is 8.97. The maximum atomic E-state index is 8.54. The minimum Gasteiger partial charge on any atom is -0.397 e. The van der Waals surface area contributed by atoms with Crippen molar-refractivity contribution < 1.29 is 0 Å². The highest BCUT2D eigenvalue weighted by atomic mass is 14.7. The number of nitrogens with two attached hydrogens (primary N) is 1. The van der Waals surface area contributed by atoms with Crippen molar-refractivity contribution in [3.63, 3.8) is 0 Å². The largest absolute Gasteiger partial charge is 0.397 e. The summed E-state index contributed by atoms with van der Waals surface area (Å²) in [6, 6.07) is 3.66. The van der Waals surface area contributed by atoms with Crippen LogP contribution < -0.4 is 5.73 Å². The molecule has 1 rings (SSSR count). The molecule has 0 aliphatic rings. The molecule has 62 valence electrons. The Kier molecular flexibility index (Phi) is 2.65. The number of aromatic nitrogens is 1. The van der Waals surface area contributed by atoms with E-state index in [9.17, 15) is 0 Å². The normalized spacial score (nSPS) is 9.33. The molecule has 0 unspecified atom stereocenters. The lowest BCUT2D eigenvalue weighted by Gasteiger charge is -2.01. The minimum atomic E-state index is 0.521. The van der Waals surface area contributed by atoms with Gasteiger partial charge in [0, 0.05) is 6.20 Å². The molecule has 0 fully saturated rings. The predicted octanol–water partition coefficient (Wildman–Crippen LogP) is 1.49. The second kappa shape index (κ2) is 3.72. The fraction of sp³-hybridized carbons (Fsp3) is 0.333. The summed E-state index contributed by atoms with van der Waals surface area (Å²) in [7, 11) is 0. The van der Waals surface area contributed by atoms with E-state index in [0.29, 0.717) is 11.3 Å². The van der Waals surface area contributed by atoms with E-state index in [1.54, 1.807) is 12.3 Å². The Morgan fingerprint density at radius 1 is 1.67 bits per heavy atom. The number of nitrogen functional groups attached to an aromatic ring is 1. The predicted molar refractivity (Wildman–Crippen MR) is 47.4 cm³/mol. The monoisotopic (exact) mass is 161 g/mol. The van der Waals surface area contributed by atoms with E-state index >= 15 is 0 Å². The van der Waals surface area contributed by atoms with Crippen LogP contribution in [0.25, 0.3) is 0 Å². The van der Waals surface area contributed by atoms with Gasteiger partial charge in [-0.25, -0.2) is 0 Å². The van der Waals surface area contributed by atoms with Crippen LogP contribution in [0.2, 0.25) is 0 Å². The average molecular weight is 161 g/mol. The molecule has 0 radical (unpaired) electrons. The first-order valence-corrected chi connectivity index (χ1v) is 3.92. The van der Waals surface area contributed by atoms with Crippen LogP contribution in [-0.4, -0.2) is 4.98 Å². The minimum absolute atomic E-state index is 0.521. The first-order valence-electron chi connectivity index (χ1n) is 3.92. The highest BCUT2D eigenvalue weighted by Crippen LogP contribution is 2.11. The van der Waals surface area contributed by atoms with Gasteiger partial charge in [-0.1, -0.05) is 13.3 Å². The maximum Gasteiger partial charge on any atom is 0.101 e. The van der Waals surface area contributed by atoms with Gasteiger partial charge >= 0.3 is 0 Å². The summed E-state index contributed by atoms with van der Waals surface area (Å²) in [5, 5.41) is 8.54. The summed E-state index contributed by atoms with van der Waals surface area (Å²) >= 11 is 0. The fourth-order valence-electron chi connectivity index (χ4n) is 1.02. The van der Waals surface area contributed by atoms with Gasteiger partial charge in [0.05, 0.1) is 16.9 Å². The molecule has 0 saturated carbocycles. The Balaban J connectivity index is 2.97. The van der Waals surface area contributed by atoms with Crippen molar-refractivity contribution in [2.45, 2.75) is 19.8 Å². The lowest BCUT2D eigenvalue weighted by atomic mass is 10.2. The molecule has 0 aliphatic carbocycles. The topological polar surface area (TPSA) is 62.7 Å².